The minimum atomic E-state index is -0.768. The van der Waals surface area contributed by atoms with Gasteiger partial charge in [-0.25, -0.2) is 4.79 Å². The molecule has 0 heterocycles. The number of benzene rings is 3. The summed E-state index contributed by atoms with van der Waals surface area (Å²) in [5, 5.41) is 10.8. The van der Waals surface area contributed by atoms with Gasteiger partial charge in [-0.15, -0.1) is 0 Å². The van der Waals surface area contributed by atoms with Crippen LogP contribution in [0.2, 0.25) is 0 Å². The summed E-state index contributed by atoms with van der Waals surface area (Å²) in [5.41, 5.74) is 0.801. The maximum atomic E-state index is 12.8. The van der Waals surface area contributed by atoms with Gasteiger partial charge in [-0.1, -0.05) is 18.2 Å². The first-order chi connectivity index (χ1) is 15.4. The molecule has 3 aromatic carbocycles. The van der Waals surface area contributed by atoms with E-state index in [9.17, 15) is 19.7 Å². The third kappa shape index (κ3) is 5.17. The van der Waals surface area contributed by atoms with Crippen molar-refractivity contribution in [3.8, 4) is 17.2 Å². The van der Waals surface area contributed by atoms with Crippen molar-refractivity contribution in [2.24, 2.45) is 0 Å². The normalized spacial score (nSPS) is 10.6. The Labute approximate surface area is 183 Å². The number of rotatable bonds is 8. The number of nitro benzene ring substituents is 1. The molecule has 0 spiro atoms. The Balaban J connectivity index is 1.87. The summed E-state index contributed by atoms with van der Waals surface area (Å²) < 4.78 is 15.9. The SMILES string of the molecule is COc1ccc(C(=O)C=Cc2ccccc2OC)c(OC(=O)c2ccc([N+](=O)[O-])cc2)c1. The van der Waals surface area contributed by atoms with Gasteiger partial charge in [0, 0.05) is 23.8 Å². The molecule has 8 heteroatoms. The number of carbonyl (C=O) groups excluding carboxylic acids is 2. The zero-order valence-corrected chi connectivity index (χ0v) is 17.3. The molecule has 0 fully saturated rings. The summed E-state index contributed by atoms with van der Waals surface area (Å²) in [6, 6.07) is 16.7. The van der Waals surface area contributed by atoms with Gasteiger partial charge in [0.05, 0.1) is 30.3 Å². The molecular formula is C24H19NO7. The number of allylic oxidation sites excluding steroid dienone is 1. The van der Waals surface area contributed by atoms with E-state index in [0.29, 0.717) is 17.1 Å². The fourth-order valence-corrected chi connectivity index (χ4v) is 2.86. The van der Waals surface area contributed by atoms with E-state index in [4.69, 9.17) is 14.2 Å². The van der Waals surface area contributed by atoms with Crippen LogP contribution in [0.3, 0.4) is 0 Å². The summed E-state index contributed by atoms with van der Waals surface area (Å²) in [6.07, 6.45) is 2.95. The molecular weight excluding hydrogens is 414 g/mol. The Bertz CT molecular complexity index is 1180. The minimum absolute atomic E-state index is 0.00220. The Morgan fingerprint density at radius 2 is 1.62 bits per heavy atom. The number of ketones is 1. The molecule has 162 valence electrons. The maximum absolute atomic E-state index is 12.8. The first-order valence-electron chi connectivity index (χ1n) is 9.43. The fourth-order valence-electron chi connectivity index (χ4n) is 2.86. The number of nitrogens with zero attached hydrogens (tertiary/aromatic N) is 1. The number of hydrogen-bond donors (Lipinski definition) is 0. The molecule has 0 aromatic heterocycles. The second-order valence-electron chi connectivity index (χ2n) is 6.50. The average molecular weight is 433 g/mol. The van der Waals surface area contributed by atoms with Crippen LogP contribution in [0, 0.1) is 10.1 Å². The largest absolute Gasteiger partial charge is 0.497 e. The Morgan fingerprint density at radius 1 is 0.906 bits per heavy atom. The molecule has 0 saturated heterocycles. The van der Waals surface area contributed by atoms with Crippen LogP contribution in [-0.2, 0) is 0 Å². The average Bonchev–Trinajstić information content (AvgIpc) is 2.82. The molecule has 3 aromatic rings. The molecule has 0 aliphatic heterocycles. The van der Waals surface area contributed by atoms with Gasteiger partial charge in [-0.05, 0) is 42.5 Å². The van der Waals surface area contributed by atoms with Gasteiger partial charge in [-0.3, -0.25) is 14.9 Å². The lowest BCUT2D eigenvalue weighted by atomic mass is 10.1. The third-order valence-corrected chi connectivity index (χ3v) is 4.52. The standard InChI is InChI=1S/C24H19NO7/c1-30-19-12-13-20(21(26)14-9-16-5-3-4-6-22(16)31-2)23(15-19)32-24(27)17-7-10-18(11-8-17)25(28)29/h3-15H,1-2H3. The highest BCUT2D eigenvalue weighted by molar-refractivity contribution is 6.09. The van der Waals surface area contributed by atoms with E-state index in [1.807, 2.05) is 12.1 Å². The summed E-state index contributed by atoms with van der Waals surface area (Å²) in [5.74, 6) is -0.166. The first kappa shape index (κ1) is 22.2. The summed E-state index contributed by atoms with van der Waals surface area (Å²) in [6.45, 7) is 0. The number of para-hydroxylation sites is 1. The van der Waals surface area contributed by atoms with E-state index >= 15 is 0 Å². The third-order valence-electron chi connectivity index (χ3n) is 4.52. The van der Waals surface area contributed by atoms with Crippen LogP contribution in [0.5, 0.6) is 17.2 Å². The number of carbonyl (C=O) groups is 2. The van der Waals surface area contributed by atoms with E-state index in [1.54, 1.807) is 24.3 Å². The smallest absolute Gasteiger partial charge is 0.343 e. The second-order valence-corrected chi connectivity index (χ2v) is 6.50. The lowest BCUT2D eigenvalue weighted by Gasteiger charge is -2.10. The molecule has 0 aliphatic rings. The van der Waals surface area contributed by atoms with Crippen molar-refractivity contribution in [3.05, 3.63) is 99.6 Å². The molecule has 0 amide bonds. The van der Waals surface area contributed by atoms with Crippen molar-refractivity contribution in [1.29, 1.82) is 0 Å². The number of nitro groups is 1. The highest BCUT2D eigenvalue weighted by atomic mass is 16.6. The van der Waals surface area contributed by atoms with Crippen LogP contribution in [0.1, 0.15) is 26.3 Å². The lowest BCUT2D eigenvalue weighted by molar-refractivity contribution is -0.384. The molecule has 0 unspecified atom stereocenters. The van der Waals surface area contributed by atoms with E-state index in [1.165, 1.54) is 56.7 Å². The molecule has 3 rings (SSSR count). The van der Waals surface area contributed by atoms with Crippen molar-refractivity contribution in [2.45, 2.75) is 0 Å². The Morgan fingerprint density at radius 3 is 2.28 bits per heavy atom. The van der Waals surface area contributed by atoms with Crippen molar-refractivity contribution in [3.63, 3.8) is 0 Å². The molecule has 8 nitrogen and oxygen atoms in total. The highest BCUT2D eigenvalue weighted by Crippen LogP contribution is 2.27. The van der Waals surface area contributed by atoms with E-state index in [2.05, 4.69) is 0 Å². The Kier molecular flexibility index (Phi) is 6.97. The monoisotopic (exact) mass is 433 g/mol. The predicted octanol–water partition coefficient (Wildman–Crippen LogP) is 4.73. The van der Waals surface area contributed by atoms with Gasteiger partial charge in [-0.2, -0.15) is 0 Å². The number of non-ortho nitro benzene ring substituents is 1. The van der Waals surface area contributed by atoms with Crippen molar-refractivity contribution < 1.29 is 28.7 Å². The van der Waals surface area contributed by atoms with E-state index in [0.717, 1.165) is 0 Å². The first-order valence-corrected chi connectivity index (χ1v) is 9.43. The van der Waals surface area contributed by atoms with Crippen LogP contribution in [0.15, 0.2) is 72.8 Å². The Hall–Kier alpha value is -4.46. The minimum Gasteiger partial charge on any atom is -0.497 e. The van der Waals surface area contributed by atoms with Gasteiger partial charge in [0.15, 0.2) is 5.78 Å². The van der Waals surface area contributed by atoms with Crippen LogP contribution >= 0.6 is 0 Å². The molecule has 0 N–H and O–H groups in total. The summed E-state index contributed by atoms with van der Waals surface area (Å²) in [7, 11) is 2.98. The van der Waals surface area contributed by atoms with Gasteiger partial charge in [0.2, 0.25) is 0 Å². The van der Waals surface area contributed by atoms with Crippen LogP contribution < -0.4 is 14.2 Å². The molecule has 0 radical (unpaired) electrons. The highest BCUT2D eigenvalue weighted by Gasteiger charge is 2.17. The number of methoxy groups -OCH3 is 2. The van der Waals surface area contributed by atoms with Gasteiger partial charge in [0.1, 0.15) is 17.2 Å². The molecule has 0 atom stereocenters. The predicted molar refractivity (Wildman–Crippen MR) is 117 cm³/mol. The number of ether oxygens (including phenoxy) is 3. The van der Waals surface area contributed by atoms with E-state index in [-0.39, 0.29) is 22.6 Å². The maximum Gasteiger partial charge on any atom is 0.343 e. The topological polar surface area (TPSA) is 105 Å². The fraction of sp³-hybridized carbons (Fsp3) is 0.0833. The lowest BCUT2D eigenvalue weighted by Crippen LogP contribution is -2.11. The van der Waals surface area contributed by atoms with E-state index < -0.39 is 16.7 Å². The molecule has 0 saturated carbocycles. The summed E-state index contributed by atoms with van der Waals surface area (Å²) >= 11 is 0. The quantitative estimate of drug-likeness (QED) is 0.126. The summed E-state index contributed by atoms with van der Waals surface area (Å²) in [4.78, 5) is 35.6. The van der Waals surface area contributed by atoms with Crippen molar-refractivity contribution >= 4 is 23.5 Å². The molecule has 32 heavy (non-hydrogen) atoms. The number of hydrogen-bond acceptors (Lipinski definition) is 7. The molecule has 0 bridgehead atoms. The zero-order chi connectivity index (χ0) is 23.1. The van der Waals surface area contributed by atoms with Gasteiger partial charge < -0.3 is 14.2 Å². The van der Waals surface area contributed by atoms with Gasteiger partial charge in [0.25, 0.3) is 5.69 Å². The number of esters is 1. The second kappa shape index (κ2) is 10.0. The van der Waals surface area contributed by atoms with Crippen LogP contribution in [0.25, 0.3) is 6.08 Å². The zero-order valence-electron chi connectivity index (χ0n) is 17.3. The van der Waals surface area contributed by atoms with Crippen molar-refractivity contribution in [2.75, 3.05) is 14.2 Å². The van der Waals surface area contributed by atoms with Gasteiger partial charge >= 0.3 is 5.97 Å². The van der Waals surface area contributed by atoms with Crippen LogP contribution in [-0.4, -0.2) is 30.9 Å². The molecule has 0 aliphatic carbocycles. The van der Waals surface area contributed by atoms with Crippen LogP contribution in [0.4, 0.5) is 5.69 Å². The van der Waals surface area contributed by atoms with Crippen molar-refractivity contribution in [1.82, 2.24) is 0 Å².